The first-order valence-corrected chi connectivity index (χ1v) is 5.64. The van der Waals surface area contributed by atoms with Crippen LogP contribution < -0.4 is 5.32 Å². The van der Waals surface area contributed by atoms with E-state index in [0.29, 0.717) is 0 Å². The summed E-state index contributed by atoms with van der Waals surface area (Å²) in [5.41, 5.74) is 0.974. The van der Waals surface area contributed by atoms with E-state index in [1.807, 2.05) is 13.1 Å². The van der Waals surface area contributed by atoms with Crippen molar-refractivity contribution in [1.29, 1.82) is 5.26 Å². The summed E-state index contributed by atoms with van der Waals surface area (Å²) in [6, 6.07) is 12.8. The van der Waals surface area contributed by atoms with Gasteiger partial charge in [0.25, 0.3) is 0 Å². The van der Waals surface area contributed by atoms with E-state index >= 15 is 0 Å². The van der Waals surface area contributed by atoms with Gasteiger partial charge in [0, 0.05) is 19.6 Å². The molecule has 0 radical (unpaired) electrons. The smallest absolute Gasteiger partial charge is 0.120 e. The summed E-state index contributed by atoms with van der Waals surface area (Å²) in [6.45, 7) is 2.74. The number of nitrogens with zero attached hydrogens (tertiary/aromatic N) is 2. The van der Waals surface area contributed by atoms with E-state index in [-0.39, 0.29) is 5.54 Å². The number of nitrogens with one attached hydrogen (secondary N) is 1. The summed E-state index contributed by atoms with van der Waals surface area (Å²) >= 11 is 0. The highest BCUT2D eigenvalue weighted by atomic mass is 15.2. The first-order valence-electron chi connectivity index (χ1n) is 5.64. The van der Waals surface area contributed by atoms with Crippen LogP contribution >= 0.6 is 0 Å². The van der Waals surface area contributed by atoms with Crippen LogP contribution in [-0.4, -0.2) is 30.6 Å². The van der Waals surface area contributed by atoms with Crippen LogP contribution in [0.25, 0.3) is 0 Å². The number of rotatable bonds is 3. The fourth-order valence-electron chi connectivity index (χ4n) is 2.22. The summed E-state index contributed by atoms with van der Waals surface area (Å²) in [5, 5.41) is 12.3. The molecular weight excluding hydrogens is 198 g/mol. The Hall–Kier alpha value is -1.37. The molecular formula is C13H17N3. The molecule has 0 saturated carbocycles. The Morgan fingerprint density at radius 2 is 2.19 bits per heavy atom. The predicted molar refractivity (Wildman–Crippen MR) is 63.7 cm³/mol. The number of hydrogen-bond donors (Lipinski definition) is 1. The van der Waals surface area contributed by atoms with E-state index < -0.39 is 0 Å². The van der Waals surface area contributed by atoms with Crippen molar-refractivity contribution in [2.45, 2.75) is 18.5 Å². The van der Waals surface area contributed by atoms with Crippen LogP contribution in [-0.2, 0) is 6.54 Å². The lowest BCUT2D eigenvalue weighted by atomic mass is 10.0. The number of likely N-dealkylation sites (N-methyl/N-ethyl adjacent to an activating group) is 1. The third kappa shape index (κ3) is 2.24. The van der Waals surface area contributed by atoms with Crippen molar-refractivity contribution in [1.82, 2.24) is 10.2 Å². The van der Waals surface area contributed by atoms with Gasteiger partial charge in [0.2, 0.25) is 0 Å². The lowest BCUT2D eigenvalue weighted by Crippen LogP contribution is -2.43. The Balaban J connectivity index is 1.98. The van der Waals surface area contributed by atoms with E-state index in [9.17, 15) is 0 Å². The monoisotopic (exact) mass is 215 g/mol. The Morgan fingerprint density at radius 3 is 2.75 bits per heavy atom. The molecule has 0 amide bonds. The molecule has 2 rings (SSSR count). The van der Waals surface area contributed by atoms with Crippen molar-refractivity contribution in [2.75, 3.05) is 20.1 Å². The maximum Gasteiger partial charge on any atom is 0.120 e. The SMILES string of the molecule is CNC1(C#N)CCN(Cc2ccccc2)C1. The molecule has 1 unspecified atom stereocenters. The molecule has 0 aromatic heterocycles. The van der Waals surface area contributed by atoms with Crippen LogP contribution in [0, 0.1) is 11.3 Å². The lowest BCUT2D eigenvalue weighted by molar-refractivity contribution is 0.308. The first kappa shape index (κ1) is 11.1. The van der Waals surface area contributed by atoms with Crippen LogP contribution in [0.5, 0.6) is 0 Å². The van der Waals surface area contributed by atoms with Crippen LogP contribution in [0.1, 0.15) is 12.0 Å². The molecule has 1 heterocycles. The molecule has 3 heteroatoms. The molecule has 1 atom stereocenters. The van der Waals surface area contributed by atoms with Crippen molar-refractivity contribution in [2.24, 2.45) is 0 Å². The normalized spacial score (nSPS) is 25.5. The van der Waals surface area contributed by atoms with Crippen molar-refractivity contribution in [3.8, 4) is 6.07 Å². The number of likely N-dealkylation sites (tertiary alicyclic amines) is 1. The zero-order chi connectivity index (χ0) is 11.4. The average molecular weight is 215 g/mol. The molecule has 0 spiro atoms. The van der Waals surface area contributed by atoms with Gasteiger partial charge in [0.05, 0.1) is 6.07 Å². The maximum atomic E-state index is 9.16. The van der Waals surface area contributed by atoms with E-state index in [0.717, 1.165) is 26.1 Å². The molecule has 1 aromatic carbocycles. The van der Waals surface area contributed by atoms with Gasteiger partial charge in [-0.15, -0.1) is 0 Å². The van der Waals surface area contributed by atoms with Gasteiger partial charge in [-0.1, -0.05) is 30.3 Å². The Morgan fingerprint density at radius 1 is 1.44 bits per heavy atom. The summed E-state index contributed by atoms with van der Waals surface area (Å²) in [4.78, 5) is 2.33. The van der Waals surface area contributed by atoms with Gasteiger partial charge in [-0.25, -0.2) is 0 Å². The molecule has 1 N–H and O–H groups in total. The van der Waals surface area contributed by atoms with Crippen LogP contribution in [0.4, 0.5) is 0 Å². The summed E-state index contributed by atoms with van der Waals surface area (Å²) in [7, 11) is 1.87. The number of hydrogen-bond acceptors (Lipinski definition) is 3. The number of benzene rings is 1. The molecule has 84 valence electrons. The van der Waals surface area contributed by atoms with Crippen LogP contribution in [0.3, 0.4) is 0 Å². The Bertz CT molecular complexity index is 382. The van der Waals surface area contributed by atoms with E-state index in [1.54, 1.807) is 0 Å². The second kappa shape index (κ2) is 4.65. The molecule has 0 bridgehead atoms. The molecule has 1 fully saturated rings. The highest BCUT2D eigenvalue weighted by molar-refractivity contribution is 5.17. The van der Waals surface area contributed by atoms with E-state index in [4.69, 9.17) is 5.26 Å². The summed E-state index contributed by atoms with van der Waals surface area (Å²) in [6.07, 6.45) is 0.910. The fraction of sp³-hybridized carbons (Fsp3) is 0.462. The molecule has 0 aliphatic carbocycles. The lowest BCUT2D eigenvalue weighted by Gasteiger charge is -2.21. The zero-order valence-electron chi connectivity index (χ0n) is 9.61. The van der Waals surface area contributed by atoms with Gasteiger partial charge in [-0.05, 0) is 19.0 Å². The fourth-order valence-corrected chi connectivity index (χ4v) is 2.22. The standard InChI is InChI=1S/C13H17N3/c1-15-13(10-14)7-8-16(11-13)9-12-5-3-2-4-6-12/h2-6,15H,7-9,11H2,1H3. The molecule has 1 aromatic rings. The van der Waals surface area contributed by atoms with Gasteiger partial charge < -0.3 is 5.32 Å². The molecule has 16 heavy (non-hydrogen) atoms. The average Bonchev–Trinajstić information content (AvgIpc) is 2.75. The van der Waals surface area contributed by atoms with Crippen molar-refractivity contribution in [3.05, 3.63) is 35.9 Å². The van der Waals surface area contributed by atoms with Crippen LogP contribution in [0.15, 0.2) is 30.3 Å². The zero-order valence-corrected chi connectivity index (χ0v) is 9.61. The quantitative estimate of drug-likeness (QED) is 0.827. The van der Waals surface area contributed by atoms with Gasteiger partial charge in [0.1, 0.15) is 5.54 Å². The molecule has 3 nitrogen and oxygen atoms in total. The van der Waals surface area contributed by atoms with Gasteiger partial charge in [0.15, 0.2) is 0 Å². The third-order valence-electron chi connectivity index (χ3n) is 3.29. The van der Waals surface area contributed by atoms with Gasteiger partial charge in [-0.2, -0.15) is 5.26 Å². The third-order valence-corrected chi connectivity index (χ3v) is 3.29. The summed E-state index contributed by atoms with van der Waals surface area (Å²) in [5.74, 6) is 0. The van der Waals surface area contributed by atoms with Crippen molar-refractivity contribution < 1.29 is 0 Å². The van der Waals surface area contributed by atoms with Crippen molar-refractivity contribution >= 4 is 0 Å². The predicted octanol–water partition coefficient (Wildman–Crippen LogP) is 1.37. The van der Waals surface area contributed by atoms with Crippen molar-refractivity contribution in [3.63, 3.8) is 0 Å². The van der Waals surface area contributed by atoms with E-state index in [1.165, 1.54) is 5.56 Å². The topological polar surface area (TPSA) is 39.1 Å². The largest absolute Gasteiger partial charge is 0.301 e. The van der Waals surface area contributed by atoms with Crippen LogP contribution in [0.2, 0.25) is 0 Å². The second-order valence-electron chi connectivity index (χ2n) is 4.39. The summed E-state index contributed by atoms with van der Waals surface area (Å²) < 4.78 is 0. The minimum Gasteiger partial charge on any atom is -0.301 e. The minimum absolute atomic E-state index is 0.339. The first-order chi connectivity index (χ1) is 7.78. The maximum absolute atomic E-state index is 9.16. The molecule has 1 saturated heterocycles. The molecule has 1 aliphatic rings. The Kier molecular flexibility index (Phi) is 3.23. The van der Waals surface area contributed by atoms with E-state index in [2.05, 4.69) is 40.6 Å². The Labute approximate surface area is 96.7 Å². The number of nitriles is 1. The van der Waals surface area contributed by atoms with Gasteiger partial charge >= 0.3 is 0 Å². The second-order valence-corrected chi connectivity index (χ2v) is 4.39. The van der Waals surface area contributed by atoms with Gasteiger partial charge in [-0.3, -0.25) is 4.90 Å². The highest BCUT2D eigenvalue weighted by Gasteiger charge is 2.36. The molecule has 1 aliphatic heterocycles. The minimum atomic E-state index is -0.339. The highest BCUT2D eigenvalue weighted by Crippen LogP contribution is 2.21.